The van der Waals surface area contributed by atoms with Gasteiger partial charge in [-0.1, -0.05) is 152 Å². The summed E-state index contributed by atoms with van der Waals surface area (Å²) < 4.78 is 0. The van der Waals surface area contributed by atoms with Crippen LogP contribution in [-0.4, -0.2) is 5.78 Å². The molecule has 0 heterocycles. The van der Waals surface area contributed by atoms with Gasteiger partial charge in [-0.25, -0.2) is 0 Å². The van der Waals surface area contributed by atoms with Crippen molar-refractivity contribution in [1.29, 1.82) is 0 Å². The van der Waals surface area contributed by atoms with E-state index in [2.05, 4.69) is 84.9 Å². The largest absolute Gasteiger partial charge is 0.293 e. The molecular weight excluding hydrogens is 412 g/mol. The second kappa shape index (κ2) is 9.72. The number of Topliss-reactive ketones (excluding diaryl/α,β-unsaturated/α-hetero) is 1. The molecule has 1 nitrogen and oxygen atoms in total. The zero-order valence-electron chi connectivity index (χ0n) is 18.9. The summed E-state index contributed by atoms with van der Waals surface area (Å²) in [6.07, 6.45) is 0. The second-order valence-corrected chi connectivity index (χ2v) is 8.48. The molecular formula is C33H26O. The van der Waals surface area contributed by atoms with Crippen molar-refractivity contribution in [3.05, 3.63) is 179 Å². The van der Waals surface area contributed by atoms with Crippen LogP contribution < -0.4 is 0 Å². The lowest BCUT2D eigenvalue weighted by atomic mass is 9.58. The van der Waals surface area contributed by atoms with Crippen LogP contribution in [0.15, 0.2) is 152 Å². The molecule has 5 rings (SSSR count). The highest BCUT2D eigenvalue weighted by atomic mass is 16.1. The summed E-state index contributed by atoms with van der Waals surface area (Å²) in [6.45, 7) is 0. The molecule has 5 aromatic carbocycles. The summed E-state index contributed by atoms with van der Waals surface area (Å²) in [5, 5.41) is 0. The van der Waals surface area contributed by atoms with Crippen LogP contribution in [0.4, 0.5) is 0 Å². The molecule has 1 heteroatoms. The minimum Gasteiger partial charge on any atom is -0.293 e. The van der Waals surface area contributed by atoms with Gasteiger partial charge in [0.1, 0.15) is 0 Å². The Morgan fingerprint density at radius 3 is 1.15 bits per heavy atom. The molecule has 0 amide bonds. The highest BCUT2D eigenvalue weighted by molar-refractivity contribution is 6.03. The van der Waals surface area contributed by atoms with E-state index in [1.54, 1.807) is 0 Å². The molecule has 164 valence electrons. The molecule has 0 aliphatic rings. The van der Waals surface area contributed by atoms with Gasteiger partial charge in [-0.3, -0.25) is 4.79 Å². The minimum atomic E-state index is -0.724. The summed E-state index contributed by atoms with van der Waals surface area (Å²) in [5.41, 5.74) is 4.25. The number of ketones is 1. The van der Waals surface area contributed by atoms with Gasteiger partial charge in [-0.05, 0) is 22.3 Å². The molecule has 0 saturated heterocycles. The first kappa shape index (κ1) is 21.6. The average molecular weight is 439 g/mol. The Morgan fingerprint density at radius 1 is 0.441 bits per heavy atom. The van der Waals surface area contributed by atoms with Crippen LogP contribution in [0.3, 0.4) is 0 Å². The van der Waals surface area contributed by atoms with Gasteiger partial charge in [0.15, 0.2) is 5.78 Å². The Labute approximate surface area is 201 Å². The first-order chi connectivity index (χ1) is 16.8. The van der Waals surface area contributed by atoms with E-state index in [0.29, 0.717) is 5.56 Å². The highest BCUT2D eigenvalue weighted by Gasteiger charge is 2.48. The minimum absolute atomic E-state index is 0.100. The van der Waals surface area contributed by atoms with Gasteiger partial charge in [0.05, 0.1) is 11.3 Å². The predicted molar refractivity (Wildman–Crippen MR) is 139 cm³/mol. The number of hydrogen-bond acceptors (Lipinski definition) is 1. The van der Waals surface area contributed by atoms with Crippen LogP contribution in [0.25, 0.3) is 0 Å². The fraction of sp³-hybridized carbons (Fsp3) is 0.0606. The SMILES string of the molecule is O=C(c1ccccc1)C(c1ccccc1)C(c1ccccc1)(c1ccccc1)c1ccccc1. The van der Waals surface area contributed by atoms with Gasteiger partial charge in [0, 0.05) is 5.56 Å². The normalized spacial score (nSPS) is 12.1. The quantitative estimate of drug-likeness (QED) is 0.188. The van der Waals surface area contributed by atoms with Crippen molar-refractivity contribution in [3.63, 3.8) is 0 Å². The third kappa shape index (κ3) is 3.86. The summed E-state index contributed by atoms with van der Waals surface area (Å²) in [6, 6.07) is 51.2. The van der Waals surface area contributed by atoms with E-state index in [4.69, 9.17) is 0 Å². The van der Waals surface area contributed by atoms with Gasteiger partial charge >= 0.3 is 0 Å². The molecule has 0 N–H and O–H groups in total. The van der Waals surface area contributed by atoms with Gasteiger partial charge in [0.25, 0.3) is 0 Å². The monoisotopic (exact) mass is 438 g/mol. The Morgan fingerprint density at radius 2 is 0.765 bits per heavy atom. The molecule has 5 aromatic rings. The molecule has 0 radical (unpaired) electrons. The van der Waals surface area contributed by atoms with Crippen molar-refractivity contribution in [2.45, 2.75) is 11.3 Å². The van der Waals surface area contributed by atoms with E-state index in [0.717, 1.165) is 22.3 Å². The molecule has 0 spiro atoms. The molecule has 34 heavy (non-hydrogen) atoms. The summed E-state index contributed by atoms with van der Waals surface area (Å²) in [7, 11) is 0. The molecule has 0 bridgehead atoms. The Balaban J connectivity index is 1.91. The Hall–Kier alpha value is -4.23. The molecule has 0 saturated carbocycles. The van der Waals surface area contributed by atoms with Crippen LogP contribution in [0.1, 0.15) is 38.5 Å². The van der Waals surface area contributed by atoms with E-state index >= 15 is 0 Å². The second-order valence-electron chi connectivity index (χ2n) is 8.48. The lowest BCUT2D eigenvalue weighted by molar-refractivity contribution is 0.0935. The van der Waals surface area contributed by atoms with Gasteiger partial charge in [-0.2, -0.15) is 0 Å². The van der Waals surface area contributed by atoms with E-state index in [9.17, 15) is 4.79 Å². The topological polar surface area (TPSA) is 17.1 Å². The smallest absolute Gasteiger partial charge is 0.171 e. The number of rotatable bonds is 7. The van der Waals surface area contributed by atoms with Crippen LogP contribution in [0, 0.1) is 0 Å². The third-order valence-corrected chi connectivity index (χ3v) is 6.57. The van der Waals surface area contributed by atoms with Crippen LogP contribution in [0.5, 0.6) is 0 Å². The number of carbonyl (C=O) groups excluding carboxylic acids is 1. The predicted octanol–water partition coefficient (Wildman–Crippen LogP) is 7.69. The highest BCUT2D eigenvalue weighted by Crippen LogP contribution is 2.50. The summed E-state index contributed by atoms with van der Waals surface area (Å²) in [5.74, 6) is -0.369. The third-order valence-electron chi connectivity index (χ3n) is 6.57. The van der Waals surface area contributed by atoms with E-state index in [1.807, 2.05) is 66.7 Å². The lowest BCUT2D eigenvalue weighted by Crippen LogP contribution is -2.40. The van der Waals surface area contributed by atoms with Crippen LogP contribution >= 0.6 is 0 Å². The standard InChI is InChI=1S/C33H26O/c34-32(27-18-8-2-9-19-27)31(26-16-6-1-7-17-26)33(28-20-10-3-11-21-28,29-22-12-4-13-23-29)30-24-14-5-15-25-30/h1-25,31H. The summed E-state index contributed by atoms with van der Waals surface area (Å²) >= 11 is 0. The Kier molecular flexibility index (Phi) is 6.18. The average Bonchev–Trinajstić information content (AvgIpc) is 2.94. The van der Waals surface area contributed by atoms with Crippen molar-refractivity contribution in [2.75, 3.05) is 0 Å². The van der Waals surface area contributed by atoms with E-state index < -0.39 is 11.3 Å². The zero-order chi connectivity index (χ0) is 23.2. The van der Waals surface area contributed by atoms with Crippen LogP contribution in [-0.2, 0) is 5.41 Å². The molecule has 0 fully saturated rings. The zero-order valence-corrected chi connectivity index (χ0v) is 18.9. The molecule has 0 aromatic heterocycles. The maximum absolute atomic E-state index is 14.5. The van der Waals surface area contributed by atoms with Crippen molar-refractivity contribution >= 4 is 5.78 Å². The van der Waals surface area contributed by atoms with Crippen molar-refractivity contribution in [3.8, 4) is 0 Å². The molecule has 1 unspecified atom stereocenters. The Bertz CT molecular complexity index is 1230. The number of carbonyl (C=O) groups is 1. The van der Waals surface area contributed by atoms with Gasteiger partial charge < -0.3 is 0 Å². The first-order valence-electron chi connectivity index (χ1n) is 11.6. The maximum atomic E-state index is 14.5. The van der Waals surface area contributed by atoms with E-state index in [1.165, 1.54) is 0 Å². The molecule has 1 atom stereocenters. The maximum Gasteiger partial charge on any atom is 0.171 e. The van der Waals surface area contributed by atoms with Gasteiger partial charge in [0.2, 0.25) is 0 Å². The fourth-order valence-corrected chi connectivity index (χ4v) is 5.12. The number of hydrogen-bond donors (Lipinski definition) is 0. The fourth-order valence-electron chi connectivity index (χ4n) is 5.12. The molecule has 0 aliphatic heterocycles. The summed E-state index contributed by atoms with van der Waals surface area (Å²) in [4.78, 5) is 14.5. The number of benzene rings is 5. The molecule has 0 aliphatic carbocycles. The van der Waals surface area contributed by atoms with Crippen LogP contribution in [0.2, 0.25) is 0 Å². The van der Waals surface area contributed by atoms with Crippen molar-refractivity contribution < 1.29 is 4.79 Å². The van der Waals surface area contributed by atoms with Gasteiger partial charge in [-0.15, -0.1) is 0 Å². The van der Waals surface area contributed by atoms with Crippen molar-refractivity contribution in [1.82, 2.24) is 0 Å². The first-order valence-corrected chi connectivity index (χ1v) is 11.6. The lowest BCUT2D eigenvalue weighted by Gasteiger charge is -2.42. The van der Waals surface area contributed by atoms with Crippen molar-refractivity contribution in [2.24, 2.45) is 0 Å². The van der Waals surface area contributed by atoms with E-state index in [-0.39, 0.29) is 5.78 Å².